The van der Waals surface area contributed by atoms with Crippen molar-refractivity contribution < 1.29 is 14.0 Å². The number of carbonyl (C=O) groups excluding carboxylic acids is 2. The van der Waals surface area contributed by atoms with Crippen molar-refractivity contribution in [3.05, 3.63) is 50.8 Å². The zero-order valence-corrected chi connectivity index (χ0v) is 15.4. The number of benzene rings is 1. The molecule has 3 aromatic rings. The highest BCUT2D eigenvalue weighted by Gasteiger charge is 2.24. The molecular weight excluding hydrogens is 366 g/mol. The smallest absolute Gasteiger partial charge is 0.408 e. The minimum Gasteiger partial charge on any atom is -0.408 e. The highest BCUT2D eigenvalue weighted by Crippen LogP contribution is 2.37. The second kappa shape index (κ2) is 7.03. The molecule has 0 saturated heterocycles. The second-order valence-electron chi connectivity index (χ2n) is 6.60. The Morgan fingerprint density at radius 1 is 1.19 bits per heavy atom. The maximum Gasteiger partial charge on any atom is 0.420 e. The van der Waals surface area contributed by atoms with Crippen molar-refractivity contribution >= 4 is 39.3 Å². The van der Waals surface area contributed by atoms with Crippen LogP contribution < -0.4 is 16.8 Å². The van der Waals surface area contributed by atoms with Gasteiger partial charge < -0.3 is 15.5 Å². The van der Waals surface area contributed by atoms with Crippen LogP contribution in [0.25, 0.3) is 11.1 Å². The quantitative estimate of drug-likeness (QED) is 0.673. The molecule has 0 spiro atoms. The summed E-state index contributed by atoms with van der Waals surface area (Å²) < 4.78 is 6.42. The van der Waals surface area contributed by atoms with Gasteiger partial charge in [0.15, 0.2) is 5.58 Å². The molecule has 1 aliphatic carbocycles. The van der Waals surface area contributed by atoms with Gasteiger partial charge in [0.1, 0.15) is 11.5 Å². The molecule has 27 heavy (non-hydrogen) atoms. The number of anilines is 1. The molecule has 0 radical (unpaired) electrons. The fourth-order valence-electron chi connectivity index (χ4n) is 3.56. The van der Waals surface area contributed by atoms with Gasteiger partial charge in [-0.05, 0) is 43.4 Å². The number of rotatable bonds is 4. The van der Waals surface area contributed by atoms with E-state index in [1.807, 2.05) is 0 Å². The lowest BCUT2D eigenvalue weighted by Gasteiger charge is -2.07. The SMILES string of the molecule is NC(=O)c1c(NC(=O)Cn2c(=O)oc3ccccc32)sc2c1CCCCC2. The summed E-state index contributed by atoms with van der Waals surface area (Å²) in [5.74, 6) is -1.53. The van der Waals surface area contributed by atoms with Crippen molar-refractivity contribution in [1.82, 2.24) is 4.57 Å². The molecule has 0 atom stereocenters. The lowest BCUT2D eigenvalue weighted by atomic mass is 10.1. The van der Waals surface area contributed by atoms with Crippen LogP contribution >= 0.6 is 11.3 Å². The number of nitrogens with two attached hydrogens (primary N) is 1. The van der Waals surface area contributed by atoms with Crippen LogP contribution in [0.4, 0.5) is 5.00 Å². The van der Waals surface area contributed by atoms with Crippen LogP contribution in [-0.2, 0) is 24.2 Å². The average molecular weight is 385 g/mol. The summed E-state index contributed by atoms with van der Waals surface area (Å²) >= 11 is 1.41. The molecule has 8 heteroatoms. The van der Waals surface area contributed by atoms with E-state index in [9.17, 15) is 14.4 Å². The van der Waals surface area contributed by atoms with Crippen molar-refractivity contribution in [3.63, 3.8) is 0 Å². The van der Waals surface area contributed by atoms with Gasteiger partial charge in [-0.1, -0.05) is 18.6 Å². The van der Waals surface area contributed by atoms with Crippen molar-refractivity contribution in [2.24, 2.45) is 5.73 Å². The first-order valence-electron chi connectivity index (χ1n) is 8.87. The molecule has 1 aromatic carbocycles. The predicted octanol–water partition coefficient (Wildman–Crippen LogP) is 2.66. The molecule has 140 valence electrons. The molecular formula is C19H19N3O4S. The molecule has 4 rings (SSSR count). The number of fused-ring (bicyclic) bond motifs is 2. The molecule has 2 heterocycles. The Morgan fingerprint density at radius 2 is 1.96 bits per heavy atom. The zero-order valence-electron chi connectivity index (χ0n) is 14.6. The summed E-state index contributed by atoms with van der Waals surface area (Å²) in [4.78, 5) is 37.7. The van der Waals surface area contributed by atoms with Crippen LogP contribution in [0, 0.1) is 0 Å². The van der Waals surface area contributed by atoms with E-state index >= 15 is 0 Å². The van der Waals surface area contributed by atoms with Crippen LogP contribution in [0.2, 0.25) is 0 Å². The summed E-state index contributed by atoms with van der Waals surface area (Å²) in [7, 11) is 0. The number of nitrogens with zero attached hydrogens (tertiary/aromatic N) is 1. The van der Waals surface area contributed by atoms with E-state index in [1.165, 1.54) is 15.9 Å². The Morgan fingerprint density at radius 3 is 2.78 bits per heavy atom. The molecule has 0 bridgehead atoms. The van der Waals surface area contributed by atoms with E-state index in [-0.39, 0.29) is 6.54 Å². The van der Waals surface area contributed by atoms with Gasteiger partial charge in [-0.3, -0.25) is 14.2 Å². The first-order valence-corrected chi connectivity index (χ1v) is 9.69. The second-order valence-corrected chi connectivity index (χ2v) is 7.71. The Labute approximate surface area is 158 Å². The van der Waals surface area contributed by atoms with Crippen LogP contribution in [-0.4, -0.2) is 16.4 Å². The maximum atomic E-state index is 12.6. The molecule has 0 unspecified atom stereocenters. The summed E-state index contributed by atoms with van der Waals surface area (Å²) in [5, 5.41) is 3.25. The third-order valence-corrected chi connectivity index (χ3v) is 6.00. The predicted molar refractivity (Wildman–Crippen MR) is 103 cm³/mol. The van der Waals surface area contributed by atoms with Crippen LogP contribution in [0.15, 0.2) is 33.5 Å². The summed E-state index contributed by atoms with van der Waals surface area (Å²) in [6.07, 6.45) is 4.88. The van der Waals surface area contributed by atoms with Gasteiger partial charge in [0.2, 0.25) is 5.91 Å². The third-order valence-electron chi connectivity index (χ3n) is 4.80. The molecule has 3 N–H and O–H groups in total. The van der Waals surface area contributed by atoms with Gasteiger partial charge in [0.05, 0.1) is 11.1 Å². The van der Waals surface area contributed by atoms with E-state index in [4.69, 9.17) is 10.2 Å². The largest absolute Gasteiger partial charge is 0.420 e. The molecule has 0 aliphatic heterocycles. The van der Waals surface area contributed by atoms with Crippen molar-refractivity contribution in [1.29, 1.82) is 0 Å². The lowest BCUT2D eigenvalue weighted by molar-refractivity contribution is -0.116. The molecule has 2 aromatic heterocycles. The molecule has 0 saturated carbocycles. The Hall–Kier alpha value is -2.87. The number of nitrogens with one attached hydrogen (secondary N) is 1. The lowest BCUT2D eigenvalue weighted by Crippen LogP contribution is -2.25. The maximum absolute atomic E-state index is 12.6. The zero-order chi connectivity index (χ0) is 19.0. The van der Waals surface area contributed by atoms with Gasteiger partial charge in [-0.15, -0.1) is 11.3 Å². The number of carbonyl (C=O) groups is 2. The Bertz CT molecular complexity index is 1090. The number of primary amides is 1. The van der Waals surface area contributed by atoms with E-state index in [0.717, 1.165) is 42.5 Å². The summed E-state index contributed by atoms with van der Waals surface area (Å²) in [5.41, 5.74) is 7.94. The molecule has 1 aliphatic rings. The average Bonchev–Trinajstić information content (AvgIpc) is 3.02. The van der Waals surface area contributed by atoms with Gasteiger partial charge in [0, 0.05) is 4.88 Å². The monoisotopic (exact) mass is 385 g/mol. The number of amides is 2. The topological polar surface area (TPSA) is 107 Å². The number of para-hydroxylation sites is 2. The molecule has 2 amide bonds. The standard InChI is InChI=1S/C19H19N3O4S/c20-17(24)16-11-6-2-1-3-9-14(11)27-18(16)21-15(23)10-22-12-7-4-5-8-13(12)26-19(22)25/h4-5,7-8H,1-3,6,9-10H2,(H2,20,24)(H,21,23). The van der Waals surface area contributed by atoms with Gasteiger partial charge in [-0.2, -0.15) is 0 Å². The Balaban J connectivity index is 1.62. The van der Waals surface area contributed by atoms with Crippen LogP contribution in [0.5, 0.6) is 0 Å². The van der Waals surface area contributed by atoms with E-state index in [2.05, 4.69) is 5.32 Å². The van der Waals surface area contributed by atoms with Crippen molar-refractivity contribution in [2.45, 2.75) is 38.6 Å². The molecule has 7 nitrogen and oxygen atoms in total. The Kier molecular flexibility index (Phi) is 4.57. The fourth-order valence-corrected chi connectivity index (χ4v) is 4.88. The van der Waals surface area contributed by atoms with E-state index in [1.54, 1.807) is 24.3 Å². The number of hydrogen-bond acceptors (Lipinski definition) is 5. The number of thiophene rings is 1. The minimum atomic E-state index is -0.594. The number of oxazole rings is 1. The van der Waals surface area contributed by atoms with Crippen LogP contribution in [0.3, 0.4) is 0 Å². The minimum absolute atomic E-state index is 0.198. The third kappa shape index (κ3) is 3.28. The fraction of sp³-hybridized carbons (Fsp3) is 0.316. The number of hydrogen-bond donors (Lipinski definition) is 2. The number of aromatic nitrogens is 1. The summed E-state index contributed by atoms with van der Waals surface area (Å²) in [6.45, 7) is -0.198. The van der Waals surface area contributed by atoms with Gasteiger partial charge in [-0.25, -0.2) is 4.79 Å². The number of aryl methyl sites for hydroxylation is 1. The highest BCUT2D eigenvalue weighted by molar-refractivity contribution is 7.17. The summed E-state index contributed by atoms with van der Waals surface area (Å²) in [6, 6.07) is 6.92. The van der Waals surface area contributed by atoms with Crippen molar-refractivity contribution in [2.75, 3.05) is 5.32 Å². The van der Waals surface area contributed by atoms with E-state index in [0.29, 0.717) is 21.7 Å². The van der Waals surface area contributed by atoms with Gasteiger partial charge in [0.25, 0.3) is 5.91 Å². The first-order chi connectivity index (χ1) is 13.0. The van der Waals surface area contributed by atoms with Crippen LogP contribution in [0.1, 0.15) is 40.1 Å². The highest BCUT2D eigenvalue weighted by atomic mass is 32.1. The normalized spacial score (nSPS) is 13.9. The molecule has 0 fully saturated rings. The van der Waals surface area contributed by atoms with E-state index < -0.39 is 17.6 Å². The first kappa shape index (κ1) is 17.5. The van der Waals surface area contributed by atoms with Gasteiger partial charge >= 0.3 is 5.76 Å². The van der Waals surface area contributed by atoms with Crippen molar-refractivity contribution in [3.8, 4) is 0 Å².